The number of hydrogen-bond acceptors (Lipinski definition) is 0. The van der Waals surface area contributed by atoms with Crippen molar-refractivity contribution in [1.29, 1.82) is 0 Å². The fourth-order valence-corrected chi connectivity index (χ4v) is 0. The Morgan fingerprint density at radius 1 is 0.750 bits per heavy atom. The van der Waals surface area contributed by atoms with E-state index in [1.54, 1.807) is 0 Å². The summed E-state index contributed by atoms with van der Waals surface area (Å²) in [6.45, 7) is 0. The zero-order valence-electron chi connectivity index (χ0n) is 2.41. The van der Waals surface area contributed by atoms with Crippen LogP contribution in [0.15, 0.2) is 0 Å². The van der Waals surface area contributed by atoms with Gasteiger partial charge in [0, 0.05) is 0 Å². The van der Waals surface area contributed by atoms with E-state index in [1.807, 2.05) is 0 Å². The van der Waals surface area contributed by atoms with E-state index in [-0.39, 0.29) is 119 Å². The van der Waals surface area contributed by atoms with E-state index in [0.717, 1.165) is 0 Å². The first-order valence-corrected chi connectivity index (χ1v) is 0. The van der Waals surface area contributed by atoms with Crippen molar-refractivity contribution in [1.82, 2.24) is 0 Å². The first-order valence-electron chi connectivity index (χ1n) is 0. The van der Waals surface area contributed by atoms with Gasteiger partial charge in [-0.15, -0.1) is 0 Å². The normalized spacial score (nSPS) is 0. The van der Waals surface area contributed by atoms with Crippen LogP contribution in [0.1, 0.15) is 0 Å². The number of rotatable bonds is 0. The van der Waals surface area contributed by atoms with Gasteiger partial charge in [-0.2, -0.15) is 0 Å². The van der Waals surface area contributed by atoms with Crippen LogP contribution in [-0.4, -0.2) is 11.0 Å². The van der Waals surface area contributed by atoms with Crippen molar-refractivity contribution < 1.29 is 108 Å². The van der Waals surface area contributed by atoms with Gasteiger partial charge in [0.05, 0.1) is 0 Å². The molecule has 0 atom stereocenters. The van der Waals surface area contributed by atoms with Gasteiger partial charge in [0.25, 0.3) is 0 Å². The van der Waals surface area contributed by atoms with Gasteiger partial charge in [-0.1, -0.05) is 0 Å². The van der Waals surface area contributed by atoms with Crippen LogP contribution in [0.3, 0.4) is 0 Å². The van der Waals surface area contributed by atoms with E-state index in [4.69, 9.17) is 0 Å². The molecule has 0 unspecified atom stereocenters. The third-order valence-electron chi connectivity index (χ3n) is 0. The van der Waals surface area contributed by atoms with Crippen molar-refractivity contribution in [3.8, 4) is 0 Å². The molecular weight excluding hydrogens is 122 g/mol. The fraction of sp³-hybridized carbons (Fsp3) is 0. The maximum atomic E-state index is 0. The van der Waals surface area contributed by atoms with Crippen LogP contribution in [0.25, 0.3) is 0 Å². The molecule has 0 aromatic carbocycles. The number of hydrogen-bond donors (Lipinski definition) is 0. The van der Waals surface area contributed by atoms with Gasteiger partial charge in [0.2, 0.25) is 0 Å². The predicted octanol–water partition coefficient (Wildman–Crippen LogP) is -7.56. The van der Waals surface area contributed by atoms with Crippen molar-refractivity contribution in [2.45, 2.75) is 0 Å². The Balaban J connectivity index is 0. The van der Waals surface area contributed by atoms with E-state index >= 15 is 0 Å². The predicted molar refractivity (Wildman–Crippen MR) is 12.0 cm³/mol. The minimum Gasteiger partial charge on any atom is -2.00 e. The average molecular weight is 126 g/mol. The van der Waals surface area contributed by atoms with Gasteiger partial charge >= 0.3 is 103 Å². The molecule has 0 aromatic rings. The van der Waals surface area contributed by atoms with Crippen LogP contribution in [0.4, 0.5) is 0 Å². The van der Waals surface area contributed by atoms with Crippen LogP contribution >= 0.6 is 0 Å². The molecule has 0 rings (SSSR count). The minimum atomic E-state index is 0. The maximum absolute atomic E-state index is 0. The Bertz CT molecular complexity index is 6.00. The molecule has 0 radical (unpaired) electrons. The Kier molecular flexibility index (Phi) is 105. The van der Waals surface area contributed by atoms with E-state index in [1.165, 1.54) is 0 Å². The topological polar surface area (TPSA) is 28.5 Å². The van der Waals surface area contributed by atoms with Gasteiger partial charge in [-0.3, -0.25) is 0 Å². The molecule has 0 aromatic heterocycles. The second kappa shape index (κ2) is 16.1. The summed E-state index contributed by atoms with van der Waals surface area (Å²) in [6.07, 6.45) is 0. The minimum absolute atomic E-state index is 0. The van der Waals surface area contributed by atoms with Crippen LogP contribution in [0, 0.1) is 0 Å². The average Bonchev–Trinajstić information content (AvgIpc) is 0. The summed E-state index contributed by atoms with van der Waals surface area (Å²) >= 11 is 0. The summed E-state index contributed by atoms with van der Waals surface area (Å²) in [5.74, 6) is 0. The summed E-state index contributed by atoms with van der Waals surface area (Å²) < 4.78 is 0. The van der Waals surface area contributed by atoms with Gasteiger partial charge in [-0.25, -0.2) is 0 Å². The van der Waals surface area contributed by atoms with Crippen molar-refractivity contribution in [2.75, 3.05) is 0 Å². The molecule has 0 saturated carbocycles. The molecular formula is H4K2OSi. The van der Waals surface area contributed by atoms with Crippen molar-refractivity contribution >= 4 is 11.0 Å². The molecule has 4 heavy (non-hydrogen) atoms. The van der Waals surface area contributed by atoms with Crippen molar-refractivity contribution in [3.63, 3.8) is 0 Å². The van der Waals surface area contributed by atoms with E-state index in [0.29, 0.717) is 0 Å². The quantitative estimate of drug-likeness (QED) is 0.289. The van der Waals surface area contributed by atoms with Crippen LogP contribution < -0.4 is 103 Å². The van der Waals surface area contributed by atoms with E-state index < -0.39 is 0 Å². The second-order valence-corrected chi connectivity index (χ2v) is 0. The van der Waals surface area contributed by atoms with Gasteiger partial charge < -0.3 is 5.48 Å². The Hall–Kier alpha value is 3.45. The summed E-state index contributed by atoms with van der Waals surface area (Å²) in [7, 11) is 0. The fourth-order valence-electron chi connectivity index (χ4n) is 0. The molecule has 0 aliphatic rings. The van der Waals surface area contributed by atoms with Gasteiger partial charge in [0.15, 0.2) is 0 Å². The van der Waals surface area contributed by atoms with E-state index in [9.17, 15) is 0 Å². The SMILES string of the molecule is [K+].[K+].[O-2].[SiH4]. The standard InChI is InChI=1S/2K.O.H4Si/h;;;1H4/q2*+1;-2;. The molecule has 0 spiro atoms. The molecule has 4 heteroatoms. The van der Waals surface area contributed by atoms with Crippen LogP contribution in [0.5, 0.6) is 0 Å². The largest absolute Gasteiger partial charge is 2.00 e. The molecule has 0 saturated heterocycles. The second-order valence-electron chi connectivity index (χ2n) is 0. The Morgan fingerprint density at radius 2 is 0.750 bits per heavy atom. The molecule has 0 heterocycles. The van der Waals surface area contributed by atoms with Crippen molar-refractivity contribution in [2.24, 2.45) is 0 Å². The monoisotopic (exact) mass is 126 g/mol. The molecule has 0 fully saturated rings. The first-order chi connectivity index (χ1) is 0. The van der Waals surface area contributed by atoms with Gasteiger partial charge in [0.1, 0.15) is 0 Å². The molecule has 16 valence electrons. The first kappa shape index (κ1) is 26.0. The Morgan fingerprint density at radius 3 is 0.750 bits per heavy atom. The molecule has 0 amide bonds. The maximum Gasteiger partial charge on any atom is 1.00 e. The summed E-state index contributed by atoms with van der Waals surface area (Å²) in [4.78, 5) is 0. The zero-order chi connectivity index (χ0) is 0. The molecule has 0 N–H and O–H groups in total. The summed E-state index contributed by atoms with van der Waals surface area (Å²) in [5, 5.41) is 0. The zero-order valence-corrected chi connectivity index (χ0v) is 8.65. The van der Waals surface area contributed by atoms with Crippen LogP contribution in [-0.2, 0) is 5.48 Å². The van der Waals surface area contributed by atoms with Crippen LogP contribution in [0.2, 0.25) is 0 Å². The third kappa shape index (κ3) is 9.07. The summed E-state index contributed by atoms with van der Waals surface area (Å²) in [5.41, 5.74) is 0. The smallest absolute Gasteiger partial charge is 1.00 e. The molecule has 0 aliphatic carbocycles. The Labute approximate surface area is 115 Å². The third-order valence-corrected chi connectivity index (χ3v) is 0. The van der Waals surface area contributed by atoms with E-state index in [2.05, 4.69) is 0 Å². The van der Waals surface area contributed by atoms with Crippen molar-refractivity contribution in [3.05, 3.63) is 0 Å². The molecule has 0 bridgehead atoms. The molecule has 1 nitrogen and oxygen atoms in total. The molecule has 0 aliphatic heterocycles. The summed E-state index contributed by atoms with van der Waals surface area (Å²) in [6, 6.07) is 0. The van der Waals surface area contributed by atoms with Gasteiger partial charge in [-0.05, 0) is 11.0 Å².